The molecule has 2 aromatic carbocycles. The van der Waals surface area contributed by atoms with E-state index in [0.29, 0.717) is 10.8 Å². The minimum Gasteiger partial charge on any atom is -0.316 e. The lowest BCUT2D eigenvalue weighted by Gasteiger charge is -2.11. The summed E-state index contributed by atoms with van der Waals surface area (Å²) in [5, 5.41) is 4.83. The number of aryl methyl sites for hydroxylation is 3. The van der Waals surface area contributed by atoms with E-state index in [1.807, 2.05) is 44.2 Å². The van der Waals surface area contributed by atoms with E-state index in [2.05, 4.69) is 47.1 Å². The zero-order valence-electron chi connectivity index (χ0n) is 17.7. The van der Waals surface area contributed by atoms with Crippen LogP contribution in [-0.4, -0.2) is 22.4 Å². The highest BCUT2D eigenvalue weighted by Crippen LogP contribution is 2.25. The maximum Gasteiger partial charge on any atom is 0.250 e. The van der Waals surface area contributed by atoms with Gasteiger partial charge in [0.2, 0.25) is 5.91 Å². The van der Waals surface area contributed by atoms with Gasteiger partial charge in [-0.3, -0.25) is 4.79 Å². The van der Waals surface area contributed by atoms with Gasteiger partial charge in [-0.05, 0) is 51.5 Å². The Morgan fingerprint density at radius 2 is 1.80 bits per heavy atom. The van der Waals surface area contributed by atoms with Crippen LogP contribution in [0.3, 0.4) is 0 Å². The molecule has 0 unspecified atom stereocenters. The summed E-state index contributed by atoms with van der Waals surface area (Å²) in [5.74, 6) is 1.06. The molecule has 1 heterocycles. The van der Waals surface area contributed by atoms with Crippen molar-refractivity contribution in [1.29, 1.82) is 0 Å². The zero-order valence-corrected chi connectivity index (χ0v) is 19.3. The van der Waals surface area contributed by atoms with Gasteiger partial charge in [0, 0.05) is 22.7 Å². The van der Waals surface area contributed by atoms with E-state index >= 15 is 0 Å². The number of benzene rings is 2. The Kier molecular flexibility index (Phi) is 7.40. The third-order valence-electron chi connectivity index (χ3n) is 4.74. The smallest absolute Gasteiger partial charge is 0.250 e. The summed E-state index contributed by atoms with van der Waals surface area (Å²) >= 11 is 7.94. The molecule has 0 radical (unpaired) electrons. The Morgan fingerprint density at radius 1 is 1.10 bits per heavy atom. The normalized spacial score (nSPS) is 11.2. The topological polar surface area (TPSA) is 46.4 Å². The van der Waals surface area contributed by atoms with Crippen molar-refractivity contribution in [2.75, 3.05) is 5.75 Å². The van der Waals surface area contributed by atoms with Crippen LogP contribution in [0.2, 0.25) is 5.02 Å². The summed E-state index contributed by atoms with van der Waals surface area (Å²) in [5.41, 5.74) is 10.3. The lowest BCUT2D eigenvalue weighted by molar-refractivity contribution is -0.118. The highest BCUT2D eigenvalue weighted by Gasteiger charge is 2.11. The Balaban J connectivity index is 1.57. The summed E-state index contributed by atoms with van der Waals surface area (Å²) in [6, 6.07) is 16.2. The number of carbonyl (C=O) groups excluding carboxylic acids is 1. The van der Waals surface area contributed by atoms with Gasteiger partial charge in [0.15, 0.2) is 0 Å². The number of hydrogen-bond acceptors (Lipinski definition) is 3. The van der Waals surface area contributed by atoms with Crippen molar-refractivity contribution >= 4 is 35.5 Å². The molecule has 1 N–H and O–H groups in total. The van der Waals surface area contributed by atoms with Crippen molar-refractivity contribution in [3.05, 3.63) is 87.2 Å². The molecule has 0 fully saturated rings. The van der Waals surface area contributed by atoms with Gasteiger partial charge in [-0.2, -0.15) is 5.10 Å². The molecule has 3 rings (SSSR count). The number of hydrazone groups is 1. The number of thioether (sulfide) groups is 1. The lowest BCUT2D eigenvalue weighted by atomic mass is 10.1. The standard InChI is InChI=1S/C24H26ClN3OS/c1-16-9-17(2)11-20(10-16)14-30-15-24(29)27-26-13-21-12-18(3)28(19(21)4)23-8-6-5-7-22(23)25/h5-13H,14-15H2,1-4H3,(H,27,29)/b26-13-. The summed E-state index contributed by atoms with van der Waals surface area (Å²) in [4.78, 5) is 12.1. The number of nitrogens with one attached hydrogen (secondary N) is 1. The summed E-state index contributed by atoms with van der Waals surface area (Å²) in [6.07, 6.45) is 1.68. The first-order valence-corrected chi connectivity index (χ1v) is 11.3. The van der Waals surface area contributed by atoms with E-state index in [-0.39, 0.29) is 5.91 Å². The first-order chi connectivity index (χ1) is 14.3. The van der Waals surface area contributed by atoms with Crippen LogP contribution < -0.4 is 5.43 Å². The number of hydrogen-bond donors (Lipinski definition) is 1. The molecule has 0 bridgehead atoms. The number of aromatic nitrogens is 1. The molecule has 6 heteroatoms. The van der Waals surface area contributed by atoms with Crippen molar-refractivity contribution < 1.29 is 4.79 Å². The van der Waals surface area contributed by atoms with Gasteiger partial charge in [0.05, 0.1) is 22.7 Å². The lowest BCUT2D eigenvalue weighted by Crippen LogP contribution is -2.19. The van der Waals surface area contributed by atoms with Crippen LogP contribution in [0.4, 0.5) is 0 Å². The Bertz CT molecular complexity index is 1070. The van der Waals surface area contributed by atoms with Gasteiger partial charge in [-0.15, -0.1) is 11.8 Å². The number of carbonyl (C=O) groups is 1. The van der Waals surface area contributed by atoms with E-state index in [1.165, 1.54) is 16.7 Å². The number of amides is 1. The average molecular weight is 440 g/mol. The second-order valence-electron chi connectivity index (χ2n) is 7.40. The third kappa shape index (κ3) is 5.55. The molecular weight excluding hydrogens is 414 g/mol. The highest BCUT2D eigenvalue weighted by molar-refractivity contribution is 7.99. The average Bonchev–Trinajstić information content (AvgIpc) is 2.95. The van der Waals surface area contributed by atoms with Crippen LogP contribution in [0.25, 0.3) is 5.69 Å². The van der Waals surface area contributed by atoms with Crippen LogP contribution in [0.5, 0.6) is 0 Å². The van der Waals surface area contributed by atoms with Gasteiger partial charge in [0.25, 0.3) is 0 Å². The molecule has 0 aliphatic carbocycles. The van der Waals surface area contributed by atoms with Crippen molar-refractivity contribution in [3.63, 3.8) is 0 Å². The van der Waals surface area contributed by atoms with Gasteiger partial charge >= 0.3 is 0 Å². The van der Waals surface area contributed by atoms with E-state index in [4.69, 9.17) is 11.6 Å². The fourth-order valence-corrected chi connectivity index (χ4v) is 4.52. The summed E-state index contributed by atoms with van der Waals surface area (Å²) in [6.45, 7) is 8.21. The molecule has 3 aromatic rings. The van der Waals surface area contributed by atoms with Crippen LogP contribution in [0.1, 0.15) is 33.6 Å². The van der Waals surface area contributed by atoms with E-state index in [9.17, 15) is 4.79 Å². The van der Waals surface area contributed by atoms with E-state index in [0.717, 1.165) is 28.4 Å². The Morgan fingerprint density at radius 3 is 2.50 bits per heavy atom. The minimum atomic E-state index is -0.111. The molecule has 156 valence electrons. The zero-order chi connectivity index (χ0) is 21.7. The fourth-order valence-electron chi connectivity index (χ4n) is 3.54. The largest absolute Gasteiger partial charge is 0.316 e. The maximum atomic E-state index is 12.1. The number of rotatable bonds is 7. The van der Waals surface area contributed by atoms with Crippen molar-refractivity contribution in [2.45, 2.75) is 33.4 Å². The summed E-state index contributed by atoms with van der Waals surface area (Å²) in [7, 11) is 0. The molecule has 0 spiro atoms. The van der Waals surface area contributed by atoms with Crippen LogP contribution in [0.15, 0.2) is 53.6 Å². The molecule has 1 amide bonds. The monoisotopic (exact) mass is 439 g/mol. The molecule has 0 aliphatic rings. The second kappa shape index (κ2) is 10.0. The Labute approximate surface area is 187 Å². The SMILES string of the molecule is Cc1cc(C)cc(CSCC(=O)N/N=C\c2cc(C)n(-c3ccccc3Cl)c2C)c1. The molecule has 0 saturated heterocycles. The van der Waals surface area contributed by atoms with E-state index in [1.54, 1.807) is 18.0 Å². The molecule has 0 aliphatic heterocycles. The van der Waals surface area contributed by atoms with Crippen LogP contribution in [-0.2, 0) is 10.5 Å². The van der Waals surface area contributed by atoms with Gasteiger partial charge < -0.3 is 4.57 Å². The van der Waals surface area contributed by atoms with Crippen LogP contribution >= 0.6 is 23.4 Å². The quantitative estimate of drug-likeness (QED) is 0.376. The molecule has 0 saturated carbocycles. The Hall–Kier alpha value is -2.50. The van der Waals surface area contributed by atoms with Crippen molar-refractivity contribution in [3.8, 4) is 5.69 Å². The second-order valence-corrected chi connectivity index (χ2v) is 8.79. The van der Waals surface area contributed by atoms with Gasteiger partial charge in [-0.1, -0.05) is 53.1 Å². The van der Waals surface area contributed by atoms with Gasteiger partial charge in [0.1, 0.15) is 0 Å². The number of nitrogens with zero attached hydrogens (tertiary/aromatic N) is 2. The number of halogens is 1. The van der Waals surface area contributed by atoms with Crippen molar-refractivity contribution in [2.24, 2.45) is 5.10 Å². The summed E-state index contributed by atoms with van der Waals surface area (Å²) < 4.78 is 2.09. The minimum absolute atomic E-state index is 0.111. The molecule has 1 aromatic heterocycles. The molecular formula is C24H26ClN3OS. The first kappa shape index (κ1) is 22.2. The van der Waals surface area contributed by atoms with E-state index < -0.39 is 0 Å². The molecule has 4 nitrogen and oxygen atoms in total. The first-order valence-electron chi connectivity index (χ1n) is 9.76. The van der Waals surface area contributed by atoms with Crippen LogP contribution in [0, 0.1) is 27.7 Å². The molecule has 30 heavy (non-hydrogen) atoms. The third-order valence-corrected chi connectivity index (χ3v) is 6.06. The maximum absolute atomic E-state index is 12.1. The fraction of sp³-hybridized carbons (Fsp3) is 0.250. The number of para-hydroxylation sites is 1. The molecule has 0 atom stereocenters. The predicted molar refractivity (Wildman–Crippen MR) is 128 cm³/mol. The van der Waals surface area contributed by atoms with Gasteiger partial charge in [-0.25, -0.2) is 5.43 Å². The van der Waals surface area contributed by atoms with Crippen molar-refractivity contribution in [1.82, 2.24) is 9.99 Å². The highest BCUT2D eigenvalue weighted by atomic mass is 35.5. The predicted octanol–water partition coefficient (Wildman–Crippen LogP) is 5.75.